The third-order valence-electron chi connectivity index (χ3n) is 2.58. The van der Waals surface area contributed by atoms with Crippen LogP contribution >= 0.6 is 0 Å². The van der Waals surface area contributed by atoms with Crippen LogP contribution in [0.1, 0.15) is 21.6 Å². The summed E-state index contributed by atoms with van der Waals surface area (Å²) in [6, 6.07) is 6.68. The minimum atomic E-state index is -0.960. The molecule has 0 amide bonds. The molecule has 1 heterocycles. The number of carboxylic acid groups (broad SMARTS) is 1. The molecule has 0 unspecified atom stereocenters. The quantitative estimate of drug-likeness (QED) is 0.896. The zero-order valence-corrected chi connectivity index (χ0v) is 10.3. The van der Waals surface area contributed by atoms with Gasteiger partial charge in [-0.15, -0.1) is 0 Å². The van der Waals surface area contributed by atoms with Crippen LogP contribution in [0.3, 0.4) is 0 Å². The number of benzene rings is 1. The van der Waals surface area contributed by atoms with Crippen LogP contribution in [-0.2, 0) is 13.7 Å². The molecule has 18 heavy (non-hydrogen) atoms. The van der Waals surface area contributed by atoms with E-state index >= 15 is 0 Å². The Morgan fingerprint density at radius 3 is 2.83 bits per heavy atom. The molecule has 0 aliphatic carbocycles. The van der Waals surface area contributed by atoms with Gasteiger partial charge >= 0.3 is 5.97 Å². The number of aryl methyl sites for hydroxylation is 2. The van der Waals surface area contributed by atoms with Gasteiger partial charge < -0.3 is 9.84 Å². The van der Waals surface area contributed by atoms with Gasteiger partial charge in [-0.25, -0.2) is 4.79 Å². The molecule has 2 rings (SSSR count). The Morgan fingerprint density at radius 2 is 2.22 bits per heavy atom. The summed E-state index contributed by atoms with van der Waals surface area (Å²) in [5.74, 6) is -0.391. The van der Waals surface area contributed by atoms with Crippen molar-refractivity contribution in [1.82, 2.24) is 9.78 Å². The molecule has 0 saturated heterocycles. The highest BCUT2D eigenvalue weighted by Gasteiger charge is 2.07. The van der Waals surface area contributed by atoms with E-state index in [4.69, 9.17) is 9.84 Å². The smallest absolute Gasteiger partial charge is 0.335 e. The summed E-state index contributed by atoms with van der Waals surface area (Å²) >= 11 is 0. The van der Waals surface area contributed by atoms with Crippen molar-refractivity contribution in [3.05, 3.63) is 47.3 Å². The molecule has 0 atom stereocenters. The predicted molar refractivity (Wildman–Crippen MR) is 65.7 cm³/mol. The molecule has 0 spiro atoms. The van der Waals surface area contributed by atoms with Gasteiger partial charge in [0, 0.05) is 13.2 Å². The highest BCUT2D eigenvalue weighted by molar-refractivity contribution is 5.88. The van der Waals surface area contributed by atoms with Crippen molar-refractivity contribution in [2.75, 3.05) is 0 Å². The molecule has 2 aromatic rings. The van der Waals surface area contributed by atoms with Gasteiger partial charge in [-0.2, -0.15) is 5.10 Å². The van der Waals surface area contributed by atoms with Gasteiger partial charge in [0.1, 0.15) is 12.4 Å². The third-order valence-corrected chi connectivity index (χ3v) is 2.58. The van der Waals surface area contributed by atoms with E-state index in [1.165, 1.54) is 6.07 Å². The lowest BCUT2D eigenvalue weighted by molar-refractivity contribution is 0.0696. The second-order valence-corrected chi connectivity index (χ2v) is 4.05. The zero-order chi connectivity index (χ0) is 13.1. The van der Waals surface area contributed by atoms with Gasteiger partial charge in [0.2, 0.25) is 0 Å². The van der Waals surface area contributed by atoms with Gasteiger partial charge in [-0.05, 0) is 30.7 Å². The lowest BCUT2D eigenvalue weighted by Crippen LogP contribution is -2.02. The Labute approximate surface area is 105 Å². The van der Waals surface area contributed by atoms with Gasteiger partial charge in [0.15, 0.2) is 0 Å². The number of carboxylic acids is 1. The van der Waals surface area contributed by atoms with Gasteiger partial charge in [-0.3, -0.25) is 4.68 Å². The van der Waals surface area contributed by atoms with Crippen molar-refractivity contribution in [3.63, 3.8) is 0 Å². The average Bonchev–Trinajstić information content (AvgIpc) is 2.74. The normalized spacial score (nSPS) is 10.3. The minimum absolute atomic E-state index is 0.219. The number of ether oxygens (including phenoxy) is 1. The van der Waals surface area contributed by atoms with Crippen molar-refractivity contribution in [3.8, 4) is 5.75 Å². The van der Waals surface area contributed by atoms with Crippen LogP contribution < -0.4 is 4.74 Å². The number of rotatable bonds is 4. The molecule has 0 aliphatic heterocycles. The molecule has 5 nitrogen and oxygen atoms in total. The number of nitrogens with zero attached hydrogens (tertiary/aromatic N) is 2. The monoisotopic (exact) mass is 246 g/mol. The van der Waals surface area contributed by atoms with Crippen LogP contribution in [0.4, 0.5) is 0 Å². The number of hydrogen-bond acceptors (Lipinski definition) is 3. The molecule has 1 aromatic heterocycles. The van der Waals surface area contributed by atoms with Crippen molar-refractivity contribution < 1.29 is 14.6 Å². The summed E-state index contributed by atoms with van der Waals surface area (Å²) in [7, 11) is 1.83. The van der Waals surface area contributed by atoms with Crippen LogP contribution in [0.2, 0.25) is 0 Å². The van der Waals surface area contributed by atoms with Gasteiger partial charge in [0.25, 0.3) is 0 Å². The predicted octanol–water partition coefficient (Wildman–Crippen LogP) is 2.01. The van der Waals surface area contributed by atoms with Crippen LogP contribution in [0.5, 0.6) is 5.75 Å². The average molecular weight is 246 g/mol. The van der Waals surface area contributed by atoms with Crippen molar-refractivity contribution in [1.29, 1.82) is 0 Å². The topological polar surface area (TPSA) is 64.3 Å². The third kappa shape index (κ3) is 2.68. The second-order valence-electron chi connectivity index (χ2n) is 4.05. The first-order valence-electron chi connectivity index (χ1n) is 5.51. The van der Waals surface area contributed by atoms with Crippen LogP contribution in [0.25, 0.3) is 0 Å². The van der Waals surface area contributed by atoms with E-state index in [2.05, 4.69) is 5.10 Å². The Bertz CT molecular complexity index is 575. The molecule has 0 fully saturated rings. The number of carbonyl (C=O) groups is 1. The van der Waals surface area contributed by atoms with Crippen LogP contribution in [-0.4, -0.2) is 20.9 Å². The van der Waals surface area contributed by atoms with Gasteiger partial charge in [0.05, 0.1) is 11.3 Å². The molecule has 0 saturated carbocycles. The first kappa shape index (κ1) is 12.2. The van der Waals surface area contributed by atoms with E-state index in [0.717, 1.165) is 11.3 Å². The molecule has 5 heteroatoms. The van der Waals surface area contributed by atoms with Crippen LogP contribution in [0.15, 0.2) is 30.5 Å². The molecule has 0 radical (unpaired) electrons. The summed E-state index contributed by atoms with van der Waals surface area (Å²) < 4.78 is 7.28. The molecule has 0 bridgehead atoms. The fourth-order valence-corrected chi connectivity index (χ4v) is 1.58. The van der Waals surface area contributed by atoms with Crippen LogP contribution in [0, 0.1) is 6.92 Å². The number of aromatic nitrogens is 2. The Morgan fingerprint density at radius 1 is 1.44 bits per heavy atom. The Kier molecular flexibility index (Phi) is 3.32. The lowest BCUT2D eigenvalue weighted by atomic mass is 10.1. The lowest BCUT2D eigenvalue weighted by Gasteiger charge is -2.08. The summed E-state index contributed by atoms with van der Waals surface area (Å²) in [5, 5.41) is 13.1. The van der Waals surface area contributed by atoms with Crippen molar-refractivity contribution in [2.45, 2.75) is 13.5 Å². The standard InChI is InChI=1S/C13H14N2O3/c1-9-3-4-10(13(16)17)7-12(9)18-8-11-5-6-15(2)14-11/h3-7H,8H2,1-2H3,(H,16,17). The summed E-state index contributed by atoms with van der Waals surface area (Å²) in [5.41, 5.74) is 1.92. The number of hydrogen-bond donors (Lipinski definition) is 1. The fourth-order valence-electron chi connectivity index (χ4n) is 1.58. The molecule has 1 N–H and O–H groups in total. The highest BCUT2D eigenvalue weighted by atomic mass is 16.5. The molecular formula is C13H14N2O3. The van der Waals surface area contributed by atoms with Crippen molar-refractivity contribution >= 4 is 5.97 Å². The summed E-state index contributed by atoms with van der Waals surface area (Å²) in [4.78, 5) is 10.9. The minimum Gasteiger partial charge on any atom is -0.487 e. The second kappa shape index (κ2) is 4.91. The molecule has 0 aliphatic rings. The molecule has 1 aromatic carbocycles. The summed E-state index contributed by atoms with van der Waals surface area (Å²) in [6.45, 7) is 2.20. The fraction of sp³-hybridized carbons (Fsp3) is 0.231. The SMILES string of the molecule is Cc1ccc(C(=O)O)cc1OCc1ccn(C)n1. The Balaban J connectivity index is 2.13. The maximum Gasteiger partial charge on any atom is 0.335 e. The zero-order valence-electron chi connectivity index (χ0n) is 10.3. The molecular weight excluding hydrogens is 232 g/mol. The largest absolute Gasteiger partial charge is 0.487 e. The van der Waals surface area contributed by atoms with E-state index in [0.29, 0.717) is 12.4 Å². The highest BCUT2D eigenvalue weighted by Crippen LogP contribution is 2.20. The van der Waals surface area contributed by atoms with E-state index in [-0.39, 0.29) is 5.56 Å². The first-order chi connectivity index (χ1) is 8.56. The van der Waals surface area contributed by atoms with E-state index in [1.54, 1.807) is 16.8 Å². The summed E-state index contributed by atoms with van der Waals surface area (Å²) in [6.07, 6.45) is 1.83. The van der Waals surface area contributed by atoms with Crippen molar-refractivity contribution in [2.24, 2.45) is 7.05 Å². The van der Waals surface area contributed by atoms with E-state index < -0.39 is 5.97 Å². The van der Waals surface area contributed by atoms with E-state index in [1.807, 2.05) is 26.2 Å². The maximum atomic E-state index is 10.9. The molecule has 94 valence electrons. The maximum absolute atomic E-state index is 10.9. The van der Waals surface area contributed by atoms with E-state index in [9.17, 15) is 4.79 Å². The number of aromatic carboxylic acids is 1. The van der Waals surface area contributed by atoms with Gasteiger partial charge in [-0.1, -0.05) is 6.07 Å². The first-order valence-corrected chi connectivity index (χ1v) is 5.51. The Hall–Kier alpha value is -2.30.